The van der Waals surface area contributed by atoms with E-state index < -0.39 is 8.07 Å². The van der Waals surface area contributed by atoms with Gasteiger partial charge in [-0.05, 0) is 117 Å². The smallest absolute Gasteiger partial charge is 0.179 e. The van der Waals surface area contributed by atoms with Crippen LogP contribution in [0.15, 0.2) is 315 Å². The van der Waals surface area contributed by atoms with Crippen molar-refractivity contribution in [1.82, 2.24) is 18.3 Å². The van der Waals surface area contributed by atoms with Crippen LogP contribution in [0.4, 0.5) is 0 Å². The van der Waals surface area contributed by atoms with E-state index in [1.165, 1.54) is 91.4 Å². The third-order valence-corrected chi connectivity index (χ3v) is 22.5. The normalized spacial score (nSPS) is 12.1. The summed E-state index contributed by atoms with van der Waals surface area (Å²) < 4.78 is 9.86. The van der Waals surface area contributed by atoms with Crippen LogP contribution in [0.2, 0.25) is 0 Å². The van der Waals surface area contributed by atoms with Crippen molar-refractivity contribution in [2.45, 2.75) is 0 Å². The molecule has 0 unspecified atom stereocenters. The Hall–Kier alpha value is -10.7. The molecule has 0 fully saturated rings. The third kappa shape index (κ3) is 7.11. The Morgan fingerprint density at radius 1 is 0.169 bits per heavy atom. The molecule has 0 bridgehead atoms. The molecular weight excluding hydrogens is 1020 g/mol. The van der Waals surface area contributed by atoms with Crippen molar-refractivity contribution in [3.63, 3.8) is 0 Å². The molecule has 0 aliphatic rings. The molecule has 0 saturated carbocycles. The Kier molecular flexibility index (Phi) is 10.6. The number of benzene rings is 13. The largest absolute Gasteiger partial charge is 0.309 e. The van der Waals surface area contributed by atoms with E-state index in [-0.39, 0.29) is 0 Å². The third-order valence-electron chi connectivity index (χ3n) is 17.7. The monoisotopic (exact) mass is 1070 g/mol. The summed E-state index contributed by atoms with van der Waals surface area (Å²) >= 11 is 0. The second-order valence-corrected chi connectivity index (χ2v) is 25.8. The minimum absolute atomic E-state index is 1.09. The van der Waals surface area contributed by atoms with E-state index in [1.807, 2.05) is 0 Å². The van der Waals surface area contributed by atoms with E-state index in [4.69, 9.17) is 0 Å². The van der Waals surface area contributed by atoms with E-state index in [9.17, 15) is 0 Å². The Morgan fingerprint density at radius 2 is 0.470 bits per heavy atom. The lowest BCUT2D eigenvalue weighted by Gasteiger charge is -2.34. The molecule has 5 heteroatoms. The predicted molar refractivity (Wildman–Crippen MR) is 353 cm³/mol. The van der Waals surface area contributed by atoms with Crippen molar-refractivity contribution in [1.29, 1.82) is 0 Å². The molecule has 4 heterocycles. The molecule has 0 spiro atoms. The molecule has 4 nitrogen and oxygen atoms in total. The molecule has 17 rings (SSSR count). The number of nitrogens with zero attached hydrogens (tertiary/aromatic N) is 4. The first-order valence-electron chi connectivity index (χ1n) is 28.7. The number of hydrogen-bond acceptors (Lipinski definition) is 0. The van der Waals surface area contributed by atoms with E-state index in [0.717, 1.165) is 50.4 Å². The molecular formula is C78H52N4Si. The maximum atomic E-state index is 2.51. The summed E-state index contributed by atoms with van der Waals surface area (Å²) in [4.78, 5) is 0. The summed E-state index contributed by atoms with van der Waals surface area (Å²) in [5.41, 5.74) is 16.1. The Morgan fingerprint density at radius 3 is 0.892 bits per heavy atom. The summed E-state index contributed by atoms with van der Waals surface area (Å²) in [5, 5.41) is 15.2. The van der Waals surface area contributed by atoms with Crippen LogP contribution >= 0.6 is 0 Å². The number of rotatable bonds is 9. The van der Waals surface area contributed by atoms with Gasteiger partial charge in [0.15, 0.2) is 8.07 Å². The minimum Gasteiger partial charge on any atom is -0.309 e. The maximum absolute atomic E-state index is 2.77. The van der Waals surface area contributed by atoms with Crippen molar-refractivity contribution in [2.75, 3.05) is 0 Å². The lowest BCUT2D eigenvalue weighted by molar-refractivity contribution is 1.13. The summed E-state index contributed by atoms with van der Waals surface area (Å²) in [6, 6.07) is 118. The quantitative estimate of drug-likeness (QED) is 0.101. The van der Waals surface area contributed by atoms with E-state index in [0.29, 0.717) is 0 Å². The van der Waals surface area contributed by atoms with Gasteiger partial charge in [-0.3, -0.25) is 0 Å². The van der Waals surface area contributed by atoms with Crippen LogP contribution in [0.25, 0.3) is 121 Å². The molecule has 0 N–H and O–H groups in total. The van der Waals surface area contributed by atoms with Gasteiger partial charge in [-0.25, -0.2) is 0 Å². The zero-order valence-corrected chi connectivity index (χ0v) is 46.3. The van der Waals surface area contributed by atoms with Crippen molar-refractivity contribution >= 4 is 116 Å². The van der Waals surface area contributed by atoms with Gasteiger partial charge in [0.1, 0.15) is 0 Å². The lowest BCUT2D eigenvalue weighted by atomic mass is 10.0. The Labute approximate surface area is 480 Å². The summed E-state index contributed by atoms with van der Waals surface area (Å²) in [6.07, 6.45) is 0. The minimum atomic E-state index is -2.77. The number of para-hydroxylation sites is 6. The highest BCUT2D eigenvalue weighted by molar-refractivity contribution is 7.19. The van der Waals surface area contributed by atoms with Gasteiger partial charge in [-0.1, -0.05) is 231 Å². The van der Waals surface area contributed by atoms with Crippen LogP contribution < -0.4 is 20.7 Å². The zero-order chi connectivity index (χ0) is 54.6. The van der Waals surface area contributed by atoms with Crippen molar-refractivity contribution in [3.05, 3.63) is 315 Å². The zero-order valence-electron chi connectivity index (χ0n) is 45.3. The van der Waals surface area contributed by atoms with Crippen LogP contribution in [-0.2, 0) is 0 Å². The van der Waals surface area contributed by atoms with E-state index in [1.54, 1.807) is 0 Å². The molecule has 83 heavy (non-hydrogen) atoms. The van der Waals surface area contributed by atoms with Crippen LogP contribution in [0.1, 0.15) is 0 Å². The van der Waals surface area contributed by atoms with Gasteiger partial charge in [0, 0.05) is 65.8 Å². The van der Waals surface area contributed by atoms with Crippen molar-refractivity contribution in [2.24, 2.45) is 0 Å². The molecule has 0 amide bonds. The predicted octanol–water partition coefficient (Wildman–Crippen LogP) is 17.1. The fraction of sp³-hybridized carbons (Fsp3) is 0. The average molecular weight is 1070 g/mol. The maximum Gasteiger partial charge on any atom is 0.179 e. The van der Waals surface area contributed by atoms with Crippen molar-refractivity contribution in [3.8, 4) is 33.9 Å². The first-order chi connectivity index (χ1) is 41.2. The molecule has 0 aliphatic heterocycles. The molecule has 0 aliphatic carbocycles. The molecule has 17 aromatic rings. The fourth-order valence-electron chi connectivity index (χ4n) is 14.2. The van der Waals surface area contributed by atoms with E-state index >= 15 is 0 Å². The van der Waals surface area contributed by atoms with Gasteiger partial charge in [0.2, 0.25) is 0 Å². The summed E-state index contributed by atoms with van der Waals surface area (Å²) in [7, 11) is -2.77. The SMILES string of the molecule is c1ccc([Si](c2ccccc2)(c2ccccc2)c2ccc(-c3cc(-n4c5ccccc5c5ccccc54)cc(-n4c5ccccc5c5ccc(-n6c7ccccc7c7cc(-n8c9ccccc9c9ccccc98)ccc76)cc54)c3)cc2)cc1. The number of aromatic nitrogens is 4. The molecule has 13 aromatic carbocycles. The summed E-state index contributed by atoms with van der Waals surface area (Å²) in [6.45, 7) is 0. The second kappa shape index (κ2) is 18.7. The van der Waals surface area contributed by atoms with Crippen LogP contribution in [-0.4, -0.2) is 26.3 Å². The van der Waals surface area contributed by atoms with Crippen molar-refractivity contribution < 1.29 is 0 Å². The van der Waals surface area contributed by atoms with Crippen LogP contribution in [0.5, 0.6) is 0 Å². The average Bonchev–Trinajstić information content (AvgIpc) is 4.07. The van der Waals surface area contributed by atoms with E-state index in [2.05, 4.69) is 334 Å². The first kappa shape index (κ1) is 47.1. The van der Waals surface area contributed by atoms with Crippen LogP contribution in [0, 0.1) is 0 Å². The number of hydrogen-bond donors (Lipinski definition) is 0. The highest BCUT2D eigenvalue weighted by Crippen LogP contribution is 2.41. The van der Waals surface area contributed by atoms with Gasteiger partial charge in [-0.2, -0.15) is 0 Å². The van der Waals surface area contributed by atoms with Gasteiger partial charge < -0.3 is 18.3 Å². The molecule has 0 atom stereocenters. The standard InChI is InChI=1S/C78H52N4Si/c1-4-22-59(23-5-1)83(60-24-6-2-7-25-60,61-26-8-3-9-27-61)62-44-40-53(41-45-62)54-48-57(81-73-36-18-12-30-65(73)66-31-13-19-37-74(66)81)50-58(49-54)82-75-38-20-14-32-67(75)69-46-42-56(52-78(69)82)80-76-39-21-15-33-68(76)70-51-55(43-47-77(70)80)79-71-34-16-10-28-63(71)64-29-11-17-35-72(64)79/h1-52H. The highest BCUT2D eigenvalue weighted by Gasteiger charge is 2.41. The van der Waals surface area contributed by atoms with Gasteiger partial charge in [-0.15, -0.1) is 0 Å². The second-order valence-electron chi connectivity index (χ2n) is 22.0. The Bertz CT molecular complexity index is 5170. The topological polar surface area (TPSA) is 19.7 Å². The van der Waals surface area contributed by atoms with Crippen LogP contribution in [0.3, 0.4) is 0 Å². The molecule has 4 aromatic heterocycles. The Balaban J connectivity index is 0.888. The molecule has 388 valence electrons. The number of fused-ring (bicyclic) bond motifs is 12. The summed E-state index contributed by atoms with van der Waals surface area (Å²) in [5.74, 6) is 0. The van der Waals surface area contributed by atoms with Gasteiger partial charge in [0.25, 0.3) is 0 Å². The van der Waals surface area contributed by atoms with Gasteiger partial charge >= 0.3 is 0 Å². The highest BCUT2D eigenvalue weighted by atomic mass is 28.3. The lowest BCUT2D eigenvalue weighted by Crippen LogP contribution is -2.74. The fourth-order valence-corrected chi connectivity index (χ4v) is 18.9. The van der Waals surface area contributed by atoms with Gasteiger partial charge in [0.05, 0.1) is 44.1 Å². The first-order valence-corrected chi connectivity index (χ1v) is 30.7. The molecule has 0 saturated heterocycles. The molecule has 0 radical (unpaired) electrons.